The summed E-state index contributed by atoms with van der Waals surface area (Å²) >= 11 is 0. The number of nitrogen functional groups attached to an aromatic ring is 1. The van der Waals surface area contributed by atoms with Crippen LogP contribution < -0.4 is 11.5 Å². The summed E-state index contributed by atoms with van der Waals surface area (Å²) in [5.41, 5.74) is 13.3. The molecule has 0 fully saturated rings. The van der Waals surface area contributed by atoms with E-state index < -0.39 is 0 Å². The Kier molecular flexibility index (Phi) is 2.75. The van der Waals surface area contributed by atoms with E-state index in [0.717, 1.165) is 16.9 Å². The van der Waals surface area contributed by atoms with Crippen LogP contribution >= 0.6 is 0 Å². The van der Waals surface area contributed by atoms with Gasteiger partial charge in [0.2, 0.25) is 5.91 Å². The molecule has 0 unspecified atom stereocenters. The van der Waals surface area contributed by atoms with Gasteiger partial charge in [0.15, 0.2) is 0 Å². The number of nitrogens with zero attached hydrogens (tertiary/aromatic N) is 2. The molecular formula is C12H16N4O. The van der Waals surface area contributed by atoms with Crippen LogP contribution in [0.1, 0.15) is 25.6 Å². The molecule has 0 atom stereocenters. The van der Waals surface area contributed by atoms with Gasteiger partial charge in [-0.2, -0.15) is 0 Å². The van der Waals surface area contributed by atoms with Crippen molar-refractivity contribution >= 4 is 22.6 Å². The first-order valence-electron chi connectivity index (χ1n) is 5.53. The number of aromatic nitrogens is 2. The van der Waals surface area contributed by atoms with Crippen LogP contribution in [0.2, 0.25) is 0 Å². The predicted octanol–water partition coefficient (Wildman–Crippen LogP) is 1.23. The molecule has 0 saturated carbocycles. The molecule has 1 amide bonds. The average Bonchev–Trinajstić information content (AvgIpc) is 2.55. The Morgan fingerprint density at radius 2 is 2.18 bits per heavy atom. The molecule has 0 saturated heterocycles. The van der Waals surface area contributed by atoms with Gasteiger partial charge in [-0.25, -0.2) is 4.98 Å². The Bertz CT molecular complexity index is 571. The molecule has 5 heteroatoms. The van der Waals surface area contributed by atoms with E-state index in [4.69, 9.17) is 11.5 Å². The first kappa shape index (κ1) is 11.4. The normalized spacial score (nSPS) is 11.2. The Hall–Kier alpha value is -2.04. The lowest BCUT2D eigenvalue weighted by atomic mass is 10.2. The fourth-order valence-electron chi connectivity index (χ4n) is 1.93. The number of rotatable bonds is 3. The number of anilines is 1. The number of carbonyl (C=O) groups excluding carboxylic acids is 1. The fourth-order valence-corrected chi connectivity index (χ4v) is 1.93. The number of amides is 1. The molecule has 17 heavy (non-hydrogen) atoms. The maximum Gasteiger partial charge on any atom is 0.237 e. The summed E-state index contributed by atoms with van der Waals surface area (Å²) in [6.07, 6.45) is 0. The van der Waals surface area contributed by atoms with E-state index in [2.05, 4.69) is 4.98 Å². The number of hydrogen-bond acceptors (Lipinski definition) is 3. The van der Waals surface area contributed by atoms with Gasteiger partial charge in [0.25, 0.3) is 0 Å². The van der Waals surface area contributed by atoms with Crippen LogP contribution in [0.5, 0.6) is 0 Å². The number of hydrogen-bond donors (Lipinski definition) is 2. The van der Waals surface area contributed by atoms with Crippen molar-refractivity contribution in [2.45, 2.75) is 26.3 Å². The second kappa shape index (κ2) is 4.08. The van der Waals surface area contributed by atoms with Crippen molar-refractivity contribution in [3.63, 3.8) is 0 Å². The molecule has 0 spiro atoms. The van der Waals surface area contributed by atoms with Crippen molar-refractivity contribution in [3.8, 4) is 0 Å². The minimum absolute atomic E-state index is 0.147. The van der Waals surface area contributed by atoms with E-state index in [1.807, 2.05) is 24.5 Å². The number of benzene rings is 1. The van der Waals surface area contributed by atoms with Crippen molar-refractivity contribution in [3.05, 3.63) is 24.0 Å². The second-order valence-electron chi connectivity index (χ2n) is 4.43. The van der Waals surface area contributed by atoms with Gasteiger partial charge in [-0.05, 0) is 18.2 Å². The third-order valence-electron chi connectivity index (χ3n) is 2.63. The highest BCUT2D eigenvalue weighted by Gasteiger charge is 2.14. The molecule has 0 aliphatic heterocycles. The van der Waals surface area contributed by atoms with Gasteiger partial charge in [-0.15, -0.1) is 0 Å². The smallest absolute Gasteiger partial charge is 0.237 e. The molecule has 90 valence electrons. The zero-order valence-electron chi connectivity index (χ0n) is 9.97. The Morgan fingerprint density at radius 1 is 1.47 bits per heavy atom. The average molecular weight is 232 g/mol. The van der Waals surface area contributed by atoms with E-state index in [1.54, 1.807) is 12.1 Å². The number of imidazole rings is 1. The lowest BCUT2D eigenvalue weighted by molar-refractivity contribution is -0.118. The minimum atomic E-state index is -0.372. The predicted molar refractivity (Wildman–Crippen MR) is 67.4 cm³/mol. The van der Waals surface area contributed by atoms with Crippen LogP contribution in [0.4, 0.5) is 5.69 Å². The summed E-state index contributed by atoms with van der Waals surface area (Å²) < 4.78 is 1.85. The molecule has 0 radical (unpaired) electrons. The number of carbonyl (C=O) groups is 1. The molecule has 2 aromatic rings. The Labute approximate surface area is 99.4 Å². The van der Waals surface area contributed by atoms with Crippen molar-refractivity contribution in [1.82, 2.24) is 9.55 Å². The Balaban J connectivity index is 2.66. The first-order valence-corrected chi connectivity index (χ1v) is 5.53. The number of fused-ring (bicyclic) bond motifs is 1. The van der Waals surface area contributed by atoms with Crippen molar-refractivity contribution < 1.29 is 4.79 Å². The van der Waals surface area contributed by atoms with Gasteiger partial charge in [0.1, 0.15) is 12.4 Å². The SMILES string of the molecule is CC(C)c1nc2cc(N)ccc2n1CC(N)=O. The third kappa shape index (κ3) is 2.08. The summed E-state index contributed by atoms with van der Waals surface area (Å²) in [5, 5.41) is 0. The quantitative estimate of drug-likeness (QED) is 0.780. The molecule has 0 bridgehead atoms. The monoisotopic (exact) mass is 232 g/mol. The van der Waals surface area contributed by atoms with E-state index in [1.165, 1.54) is 0 Å². The first-order chi connectivity index (χ1) is 7.99. The van der Waals surface area contributed by atoms with Gasteiger partial charge in [0, 0.05) is 11.6 Å². The van der Waals surface area contributed by atoms with Crippen LogP contribution in [0.3, 0.4) is 0 Å². The van der Waals surface area contributed by atoms with Gasteiger partial charge in [-0.3, -0.25) is 4.79 Å². The Morgan fingerprint density at radius 3 is 2.76 bits per heavy atom. The van der Waals surface area contributed by atoms with Gasteiger partial charge in [0.05, 0.1) is 11.0 Å². The van der Waals surface area contributed by atoms with E-state index in [-0.39, 0.29) is 18.4 Å². The lowest BCUT2D eigenvalue weighted by Crippen LogP contribution is -2.20. The molecular weight excluding hydrogens is 216 g/mol. The van der Waals surface area contributed by atoms with Crippen LogP contribution in [-0.4, -0.2) is 15.5 Å². The molecule has 2 rings (SSSR count). The second-order valence-corrected chi connectivity index (χ2v) is 4.43. The maximum absolute atomic E-state index is 11.1. The van der Waals surface area contributed by atoms with E-state index in [0.29, 0.717) is 5.69 Å². The molecule has 0 aliphatic rings. The van der Waals surface area contributed by atoms with Gasteiger partial charge >= 0.3 is 0 Å². The molecule has 5 nitrogen and oxygen atoms in total. The fraction of sp³-hybridized carbons (Fsp3) is 0.333. The lowest BCUT2D eigenvalue weighted by Gasteiger charge is -2.08. The van der Waals surface area contributed by atoms with E-state index in [9.17, 15) is 4.79 Å². The summed E-state index contributed by atoms with van der Waals surface area (Å²) in [5.74, 6) is 0.704. The number of primary amides is 1. The molecule has 1 aromatic heterocycles. The highest BCUT2D eigenvalue weighted by atomic mass is 16.1. The van der Waals surface area contributed by atoms with Crippen molar-refractivity contribution in [2.24, 2.45) is 5.73 Å². The van der Waals surface area contributed by atoms with E-state index >= 15 is 0 Å². The highest BCUT2D eigenvalue weighted by Crippen LogP contribution is 2.23. The van der Waals surface area contributed by atoms with Gasteiger partial charge < -0.3 is 16.0 Å². The largest absolute Gasteiger partial charge is 0.399 e. The van der Waals surface area contributed by atoms with Gasteiger partial charge in [-0.1, -0.05) is 13.8 Å². The summed E-state index contributed by atoms with van der Waals surface area (Å²) in [4.78, 5) is 15.6. The number of nitrogens with two attached hydrogens (primary N) is 2. The highest BCUT2D eigenvalue weighted by molar-refractivity contribution is 5.82. The molecule has 0 aliphatic carbocycles. The third-order valence-corrected chi connectivity index (χ3v) is 2.63. The molecule has 4 N–H and O–H groups in total. The zero-order chi connectivity index (χ0) is 12.6. The van der Waals surface area contributed by atoms with Crippen LogP contribution in [0.25, 0.3) is 11.0 Å². The minimum Gasteiger partial charge on any atom is -0.399 e. The molecule has 1 aromatic carbocycles. The summed E-state index contributed by atoms with van der Waals surface area (Å²) in [7, 11) is 0. The molecule has 1 heterocycles. The van der Waals surface area contributed by atoms with Crippen molar-refractivity contribution in [1.29, 1.82) is 0 Å². The van der Waals surface area contributed by atoms with Crippen LogP contribution in [0.15, 0.2) is 18.2 Å². The summed E-state index contributed by atoms with van der Waals surface area (Å²) in [6.45, 7) is 4.21. The summed E-state index contributed by atoms with van der Waals surface area (Å²) in [6, 6.07) is 5.47. The van der Waals surface area contributed by atoms with Crippen molar-refractivity contribution in [2.75, 3.05) is 5.73 Å². The maximum atomic E-state index is 11.1. The van der Waals surface area contributed by atoms with Crippen LogP contribution in [-0.2, 0) is 11.3 Å². The standard InChI is InChI=1S/C12H16N4O/c1-7(2)12-15-9-5-8(13)3-4-10(9)16(12)6-11(14)17/h3-5,7H,6,13H2,1-2H3,(H2,14,17). The zero-order valence-corrected chi connectivity index (χ0v) is 9.97. The van der Waals surface area contributed by atoms with Crippen LogP contribution in [0, 0.1) is 0 Å². The topological polar surface area (TPSA) is 86.9 Å².